The molecule has 1 aliphatic rings. The first-order valence-electron chi connectivity index (χ1n) is 3.95. The van der Waals surface area contributed by atoms with E-state index in [2.05, 4.69) is 4.74 Å². The number of alkyl halides is 2. The standard InChI is InChI=1S/C9H9F2NO2/c1-8(5-9(8,10)11)3-6(4-12)7(13)14-2/h3H,5H2,1-2H3/b6-3-. The van der Waals surface area contributed by atoms with Crippen LogP contribution in [-0.2, 0) is 9.53 Å². The summed E-state index contributed by atoms with van der Waals surface area (Å²) in [6, 6.07) is 1.54. The van der Waals surface area contributed by atoms with E-state index in [0.29, 0.717) is 0 Å². The summed E-state index contributed by atoms with van der Waals surface area (Å²) in [5.41, 5.74) is -1.74. The topological polar surface area (TPSA) is 50.1 Å². The highest BCUT2D eigenvalue weighted by atomic mass is 19.3. The van der Waals surface area contributed by atoms with Gasteiger partial charge in [-0.3, -0.25) is 0 Å². The van der Waals surface area contributed by atoms with Crippen molar-refractivity contribution in [3.63, 3.8) is 0 Å². The third kappa shape index (κ3) is 1.60. The lowest BCUT2D eigenvalue weighted by Gasteiger charge is -2.03. The fraction of sp³-hybridized carbons (Fsp3) is 0.556. The average Bonchev–Trinajstić information content (AvgIpc) is 2.60. The number of hydrogen-bond acceptors (Lipinski definition) is 3. The lowest BCUT2D eigenvalue weighted by Crippen LogP contribution is -2.09. The third-order valence-electron chi connectivity index (χ3n) is 2.29. The van der Waals surface area contributed by atoms with Crippen LogP contribution >= 0.6 is 0 Å². The van der Waals surface area contributed by atoms with Crippen molar-refractivity contribution in [2.75, 3.05) is 7.11 Å². The van der Waals surface area contributed by atoms with Gasteiger partial charge in [0.1, 0.15) is 11.6 Å². The van der Waals surface area contributed by atoms with Crippen molar-refractivity contribution in [2.24, 2.45) is 5.41 Å². The van der Waals surface area contributed by atoms with Crippen LogP contribution in [0.25, 0.3) is 0 Å². The average molecular weight is 201 g/mol. The van der Waals surface area contributed by atoms with Gasteiger partial charge in [0.2, 0.25) is 0 Å². The first kappa shape index (κ1) is 10.6. The minimum Gasteiger partial charge on any atom is -0.465 e. The van der Waals surface area contributed by atoms with Gasteiger partial charge in [0.05, 0.1) is 12.5 Å². The molecule has 1 unspecified atom stereocenters. The van der Waals surface area contributed by atoms with Crippen molar-refractivity contribution in [1.29, 1.82) is 5.26 Å². The molecule has 0 aliphatic heterocycles. The molecule has 0 bridgehead atoms. The second-order valence-electron chi connectivity index (χ2n) is 3.46. The van der Waals surface area contributed by atoms with Crippen molar-refractivity contribution in [3.05, 3.63) is 11.6 Å². The molecular formula is C9H9F2NO2. The third-order valence-corrected chi connectivity index (χ3v) is 2.29. The number of ether oxygens (including phenoxy) is 1. The van der Waals surface area contributed by atoms with Crippen LogP contribution in [-0.4, -0.2) is 19.0 Å². The first-order chi connectivity index (χ1) is 6.36. The Balaban J connectivity index is 2.88. The summed E-state index contributed by atoms with van der Waals surface area (Å²) < 4.78 is 29.7. The highest BCUT2D eigenvalue weighted by molar-refractivity contribution is 5.92. The number of rotatable bonds is 2. The molecule has 0 radical (unpaired) electrons. The zero-order chi connectivity index (χ0) is 11.0. The lowest BCUT2D eigenvalue weighted by molar-refractivity contribution is -0.135. The molecular weight excluding hydrogens is 192 g/mol. The number of nitriles is 1. The van der Waals surface area contributed by atoms with Gasteiger partial charge in [0.25, 0.3) is 5.92 Å². The summed E-state index contributed by atoms with van der Waals surface area (Å²) in [4.78, 5) is 10.9. The lowest BCUT2D eigenvalue weighted by atomic mass is 10.1. The van der Waals surface area contributed by atoms with Crippen molar-refractivity contribution in [3.8, 4) is 6.07 Å². The van der Waals surface area contributed by atoms with Crippen molar-refractivity contribution < 1.29 is 18.3 Å². The summed E-state index contributed by atoms with van der Waals surface area (Å²) in [5, 5.41) is 8.52. The predicted octanol–water partition coefficient (Wildman–Crippen LogP) is 1.65. The Morgan fingerprint density at radius 2 is 2.14 bits per heavy atom. The minimum atomic E-state index is -2.82. The number of carbonyl (C=O) groups is 1. The molecule has 1 fully saturated rings. The molecule has 0 aromatic rings. The number of carbonyl (C=O) groups excluding carboxylic acids is 1. The first-order valence-corrected chi connectivity index (χ1v) is 3.95. The Morgan fingerprint density at radius 3 is 2.43 bits per heavy atom. The normalized spacial score (nSPS) is 29.2. The van der Waals surface area contributed by atoms with Gasteiger partial charge in [-0.25, -0.2) is 13.6 Å². The SMILES string of the molecule is COC(=O)/C(C#N)=C\C1(C)CC1(F)F. The van der Waals surface area contributed by atoms with Gasteiger partial charge < -0.3 is 4.74 Å². The second-order valence-corrected chi connectivity index (χ2v) is 3.46. The van der Waals surface area contributed by atoms with Gasteiger partial charge in [-0.15, -0.1) is 0 Å². The summed E-state index contributed by atoms with van der Waals surface area (Å²) in [6.07, 6.45) is 0.654. The molecule has 0 amide bonds. The van der Waals surface area contributed by atoms with Crippen LogP contribution in [0.15, 0.2) is 11.6 Å². The fourth-order valence-electron chi connectivity index (χ4n) is 1.14. The molecule has 0 saturated heterocycles. The largest absolute Gasteiger partial charge is 0.465 e. The number of halogens is 2. The van der Waals surface area contributed by atoms with Crippen molar-refractivity contribution in [1.82, 2.24) is 0 Å². The van der Waals surface area contributed by atoms with Crippen LogP contribution in [0.4, 0.5) is 8.78 Å². The Bertz CT molecular complexity index is 343. The van der Waals surface area contributed by atoms with E-state index in [1.54, 1.807) is 6.07 Å². The zero-order valence-corrected chi connectivity index (χ0v) is 7.80. The van der Waals surface area contributed by atoms with E-state index < -0.39 is 17.3 Å². The van der Waals surface area contributed by atoms with Gasteiger partial charge >= 0.3 is 5.97 Å². The van der Waals surface area contributed by atoms with Crippen LogP contribution in [0.2, 0.25) is 0 Å². The molecule has 1 atom stereocenters. The van der Waals surface area contributed by atoms with Crippen molar-refractivity contribution >= 4 is 5.97 Å². The summed E-state index contributed by atoms with van der Waals surface area (Å²) in [7, 11) is 1.10. The number of allylic oxidation sites excluding steroid dienone is 1. The van der Waals surface area contributed by atoms with Crippen LogP contribution < -0.4 is 0 Å². The molecule has 0 aromatic heterocycles. The van der Waals surface area contributed by atoms with Gasteiger partial charge in [-0.2, -0.15) is 5.26 Å². The summed E-state index contributed by atoms with van der Waals surface area (Å²) in [6.45, 7) is 1.30. The van der Waals surface area contributed by atoms with E-state index >= 15 is 0 Å². The van der Waals surface area contributed by atoms with Gasteiger partial charge in [0, 0.05) is 6.42 Å². The van der Waals surface area contributed by atoms with E-state index in [1.165, 1.54) is 6.92 Å². The second kappa shape index (κ2) is 3.05. The van der Waals surface area contributed by atoms with Crippen molar-refractivity contribution in [2.45, 2.75) is 19.3 Å². The van der Waals surface area contributed by atoms with Gasteiger partial charge in [-0.1, -0.05) is 6.92 Å². The van der Waals surface area contributed by atoms with Crippen LogP contribution in [0.3, 0.4) is 0 Å². The van der Waals surface area contributed by atoms with Gasteiger partial charge in [-0.05, 0) is 6.08 Å². The Labute approximate surface area is 80.0 Å². The molecule has 0 N–H and O–H groups in total. The maximum Gasteiger partial charge on any atom is 0.348 e. The molecule has 1 saturated carbocycles. The molecule has 5 heteroatoms. The zero-order valence-electron chi connectivity index (χ0n) is 7.80. The van der Waals surface area contributed by atoms with Gasteiger partial charge in [0.15, 0.2) is 0 Å². The summed E-state index contributed by atoms with van der Waals surface area (Å²) >= 11 is 0. The van der Waals surface area contributed by atoms with E-state index in [0.717, 1.165) is 13.2 Å². The minimum absolute atomic E-state index is 0.331. The number of methoxy groups -OCH3 is 1. The predicted molar refractivity (Wildman–Crippen MR) is 43.4 cm³/mol. The van der Waals surface area contributed by atoms with Crippen LogP contribution in [0.5, 0.6) is 0 Å². The maximum atomic E-state index is 12.7. The molecule has 1 aliphatic carbocycles. The maximum absolute atomic E-state index is 12.7. The van der Waals surface area contributed by atoms with E-state index in [9.17, 15) is 13.6 Å². The quantitative estimate of drug-likeness (QED) is 0.388. The number of nitrogens with zero attached hydrogens (tertiary/aromatic N) is 1. The van der Waals surface area contributed by atoms with Crippen LogP contribution in [0.1, 0.15) is 13.3 Å². The van der Waals surface area contributed by atoms with E-state index in [4.69, 9.17) is 5.26 Å². The number of hydrogen-bond donors (Lipinski definition) is 0. The smallest absolute Gasteiger partial charge is 0.348 e. The van der Waals surface area contributed by atoms with E-state index in [1.807, 2.05) is 0 Å². The number of esters is 1. The highest BCUT2D eigenvalue weighted by Crippen LogP contribution is 2.61. The highest BCUT2D eigenvalue weighted by Gasteiger charge is 2.66. The molecule has 14 heavy (non-hydrogen) atoms. The molecule has 3 nitrogen and oxygen atoms in total. The molecule has 0 aromatic carbocycles. The summed E-state index contributed by atoms with van der Waals surface area (Å²) in [5.74, 6) is -3.69. The van der Waals surface area contributed by atoms with Crippen LogP contribution in [0, 0.1) is 16.7 Å². The Hall–Kier alpha value is -1.44. The Morgan fingerprint density at radius 1 is 1.64 bits per heavy atom. The molecule has 0 heterocycles. The fourth-order valence-corrected chi connectivity index (χ4v) is 1.14. The molecule has 0 spiro atoms. The Kier molecular flexibility index (Phi) is 2.32. The molecule has 1 rings (SSSR count). The molecule has 76 valence electrons. The monoisotopic (exact) mass is 201 g/mol. The van der Waals surface area contributed by atoms with E-state index in [-0.39, 0.29) is 12.0 Å².